The average molecular weight is 377 g/mol. The predicted molar refractivity (Wildman–Crippen MR) is 109 cm³/mol. The van der Waals surface area contributed by atoms with E-state index in [-0.39, 0.29) is 5.25 Å². The molecule has 1 heterocycles. The maximum atomic E-state index is 11.8. The van der Waals surface area contributed by atoms with Crippen LogP contribution in [0.5, 0.6) is 0 Å². The Labute approximate surface area is 158 Å². The zero-order valence-corrected chi connectivity index (χ0v) is 17.4. The van der Waals surface area contributed by atoms with Crippen molar-refractivity contribution in [2.45, 2.75) is 71.5 Å². The molecule has 0 saturated carbocycles. The number of hydrogen-bond acceptors (Lipinski definition) is 3. The van der Waals surface area contributed by atoms with Gasteiger partial charge in [-0.2, -0.15) is 0 Å². The summed E-state index contributed by atoms with van der Waals surface area (Å²) in [6.07, 6.45) is 7.99. The Bertz CT molecular complexity index is 787. The van der Waals surface area contributed by atoms with Gasteiger partial charge in [0.05, 0.1) is 17.3 Å². The van der Waals surface area contributed by atoms with Crippen LogP contribution >= 0.6 is 0 Å². The van der Waals surface area contributed by atoms with E-state index in [0.717, 1.165) is 44.3 Å². The van der Waals surface area contributed by atoms with Gasteiger partial charge in [-0.25, -0.2) is 8.42 Å². The van der Waals surface area contributed by atoms with Crippen LogP contribution in [0.15, 0.2) is 34.9 Å². The molecular formula is C22H32O3S. The fraction of sp³-hybridized carbons (Fsp3) is 0.545. The first-order valence-electron chi connectivity index (χ1n) is 9.67. The minimum Gasteiger partial charge on any atom is -0.464 e. The third-order valence-electron chi connectivity index (χ3n) is 5.28. The Morgan fingerprint density at radius 3 is 2.27 bits per heavy atom. The second-order valence-electron chi connectivity index (χ2n) is 7.43. The van der Waals surface area contributed by atoms with E-state index in [2.05, 4.69) is 26.0 Å². The molecule has 0 N–H and O–H groups in total. The van der Waals surface area contributed by atoms with Gasteiger partial charge in [0.2, 0.25) is 0 Å². The lowest BCUT2D eigenvalue weighted by molar-refractivity contribution is 0.577. The Morgan fingerprint density at radius 1 is 0.923 bits per heavy atom. The van der Waals surface area contributed by atoms with Crippen molar-refractivity contribution in [3.8, 4) is 11.3 Å². The van der Waals surface area contributed by atoms with Gasteiger partial charge >= 0.3 is 0 Å². The normalized spacial score (nSPS) is 12.0. The van der Waals surface area contributed by atoms with Crippen LogP contribution in [0.3, 0.4) is 0 Å². The van der Waals surface area contributed by atoms with Gasteiger partial charge in [-0.3, -0.25) is 0 Å². The van der Waals surface area contributed by atoms with Crippen molar-refractivity contribution in [2.24, 2.45) is 0 Å². The Balaban J connectivity index is 1.76. The Hall–Kier alpha value is -1.55. The van der Waals surface area contributed by atoms with Crippen molar-refractivity contribution in [2.75, 3.05) is 5.75 Å². The summed E-state index contributed by atoms with van der Waals surface area (Å²) in [7, 11) is -2.87. The molecule has 0 unspecified atom stereocenters. The second-order valence-corrected chi connectivity index (χ2v) is 10.1. The molecule has 0 atom stereocenters. The van der Waals surface area contributed by atoms with Gasteiger partial charge in [0.15, 0.2) is 9.84 Å². The number of furan rings is 1. The molecule has 0 aliphatic rings. The molecule has 1 aromatic heterocycles. The Kier molecular flexibility index (Phi) is 7.51. The summed E-state index contributed by atoms with van der Waals surface area (Å²) in [5.74, 6) is 1.26. The van der Waals surface area contributed by atoms with Gasteiger partial charge < -0.3 is 4.42 Å². The first-order valence-corrected chi connectivity index (χ1v) is 11.4. The monoisotopic (exact) mass is 376 g/mol. The number of rotatable bonds is 10. The van der Waals surface area contributed by atoms with E-state index in [9.17, 15) is 8.42 Å². The molecule has 2 rings (SSSR count). The predicted octanol–water partition coefficient (Wildman–Crippen LogP) is 5.88. The van der Waals surface area contributed by atoms with Crippen LogP contribution in [-0.4, -0.2) is 19.4 Å². The minimum atomic E-state index is -2.87. The van der Waals surface area contributed by atoms with Crippen LogP contribution in [0.25, 0.3) is 11.3 Å². The zero-order chi connectivity index (χ0) is 19.2. The molecule has 0 bridgehead atoms. The molecule has 26 heavy (non-hydrogen) atoms. The summed E-state index contributed by atoms with van der Waals surface area (Å²) in [6, 6.07) is 8.30. The molecule has 3 nitrogen and oxygen atoms in total. The molecule has 0 aliphatic heterocycles. The number of sulfone groups is 1. The van der Waals surface area contributed by atoms with E-state index in [0.29, 0.717) is 5.75 Å². The molecule has 4 heteroatoms. The van der Waals surface area contributed by atoms with Gasteiger partial charge in [-0.1, -0.05) is 31.4 Å². The van der Waals surface area contributed by atoms with Crippen LogP contribution < -0.4 is 0 Å². The van der Waals surface area contributed by atoms with Crippen molar-refractivity contribution in [1.29, 1.82) is 0 Å². The molecule has 0 aliphatic carbocycles. The lowest BCUT2D eigenvalue weighted by Crippen LogP contribution is -2.17. The largest absolute Gasteiger partial charge is 0.464 e. The first kappa shape index (κ1) is 20.8. The van der Waals surface area contributed by atoms with E-state index in [1.807, 2.05) is 12.1 Å². The summed E-state index contributed by atoms with van der Waals surface area (Å²) in [6.45, 7) is 7.87. The number of unbranched alkanes of at least 4 members (excludes halogenated alkanes) is 4. The quantitative estimate of drug-likeness (QED) is 0.486. The molecule has 2 aromatic rings. The van der Waals surface area contributed by atoms with Crippen LogP contribution in [-0.2, 0) is 16.3 Å². The summed E-state index contributed by atoms with van der Waals surface area (Å²) < 4.78 is 29.1. The maximum Gasteiger partial charge on any atom is 0.152 e. The summed E-state index contributed by atoms with van der Waals surface area (Å²) in [5, 5.41) is -0.252. The molecule has 0 saturated heterocycles. The fourth-order valence-corrected chi connectivity index (χ4v) is 4.31. The van der Waals surface area contributed by atoms with E-state index >= 15 is 0 Å². The van der Waals surface area contributed by atoms with Crippen LogP contribution in [0.2, 0.25) is 0 Å². The van der Waals surface area contributed by atoms with Gasteiger partial charge in [0.25, 0.3) is 0 Å². The first-order chi connectivity index (χ1) is 12.3. The highest BCUT2D eigenvalue weighted by Crippen LogP contribution is 2.28. The van der Waals surface area contributed by atoms with Crippen molar-refractivity contribution < 1.29 is 12.8 Å². The van der Waals surface area contributed by atoms with Crippen LogP contribution in [0.4, 0.5) is 0 Å². The van der Waals surface area contributed by atoms with E-state index in [4.69, 9.17) is 4.42 Å². The van der Waals surface area contributed by atoms with Crippen molar-refractivity contribution in [3.63, 3.8) is 0 Å². The third-order valence-corrected chi connectivity index (χ3v) is 7.57. The van der Waals surface area contributed by atoms with Gasteiger partial charge in [-0.15, -0.1) is 0 Å². The van der Waals surface area contributed by atoms with E-state index in [1.165, 1.54) is 22.3 Å². The number of benzene rings is 1. The lowest BCUT2D eigenvalue weighted by Gasteiger charge is -2.12. The highest BCUT2D eigenvalue weighted by Gasteiger charge is 2.15. The van der Waals surface area contributed by atoms with Gasteiger partial charge in [0.1, 0.15) is 5.76 Å². The molecule has 0 amide bonds. The van der Waals surface area contributed by atoms with E-state index in [1.54, 1.807) is 20.1 Å². The summed E-state index contributed by atoms with van der Waals surface area (Å²) >= 11 is 0. The van der Waals surface area contributed by atoms with Gasteiger partial charge in [0, 0.05) is 5.56 Å². The smallest absolute Gasteiger partial charge is 0.152 e. The fourth-order valence-electron chi connectivity index (χ4n) is 3.23. The highest BCUT2D eigenvalue weighted by atomic mass is 32.2. The Morgan fingerprint density at radius 2 is 1.62 bits per heavy atom. The summed E-state index contributed by atoms with van der Waals surface area (Å²) in [4.78, 5) is 0. The highest BCUT2D eigenvalue weighted by molar-refractivity contribution is 7.91. The van der Waals surface area contributed by atoms with Crippen molar-refractivity contribution >= 4 is 9.84 Å². The van der Waals surface area contributed by atoms with E-state index < -0.39 is 9.84 Å². The van der Waals surface area contributed by atoms with Gasteiger partial charge in [-0.05, 0) is 75.8 Å². The molecule has 1 aromatic carbocycles. The molecule has 0 spiro atoms. The number of hydrogen-bond donors (Lipinski definition) is 0. The van der Waals surface area contributed by atoms with Crippen LogP contribution in [0, 0.1) is 13.8 Å². The lowest BCUT2D eigenvalue weighted by atomic mass is 9.93. The molecule has 0 fully saturated rings. The van der Waals surface area contributed by atoms with Crippen molar-refractivity contribution in [1.82, 2.24) is 0 Å². The summed E-state index contributed by atoms with van der Waals surface area (Å²) in [5.41, 5.74) is 5.21. The van der Waals surface area contributed by atoms with Crippen LogP contribution in [0.1, 0.15) is 62.6 Å². The maximum absolute atomic E-state index is 11.8. The SMILES string of the molecule is Cc1c(CCCCCCCS(=O)(=O)C(C)C)ccc(-c2ccco2)c1C. The number of aryl methyl sites for hydroxylation is 1. The zero-order valence-electron chi connectivity index (χ0n) is 16.5. The minimum absolute atomic E-state index is 0.252. The molecular weight excluding hydrogens is 344 g/mol. The topological polar surface area (TPSA) is 47.3 Å². The third kappa shape index (κ3) is 5.47. The second kappa shape index (κ2) is 9.40. The standard InChI is InChI=1S/C22H32O3S/c1-17(2)26(23,24)16-9-7-5-6-8-11-20-13-14-21(19(4)18(20)3)22-12-10-15-25-22/h10,12-15,17H,5-9,11,16H2,1-4H3. The average Bonchev–Trinajstić information content (AvgIpc) is 3.11. The molecule has 144 valence electrons. The van der Waals surface area contributed by atoms with Crippen molar-refractivity contribution in [3.05, 3.63) is 47.2 Å². The molecule has 0 radical (unpaired) electrons.